The predicted octanol–water partition coefficient (Wildman–Crippen LogP) is 0.777. The number of hydrogen-bond acceptors (Lipinski definition) is 7. The van der Waals surface area contributed by atoms with Crippen molar-refractivity contribution in [3.8, 4) is 11.5 Å². The van der Waals surface area contributed by atoms with Crippen molar-refractivity contribution in [1.82, 2.24) is 9.55 Å². The summed E-state index contributed by atoms with van der Waals surface area (Å²) in [4.78, 5) is 35.9. The van der Waals surface area contributed by atoms with Gasteiger partial charge in [0.1, 0.15) is 5.82 Å². The molecule has 0 aliphatic carbocycles. The Kier molecular flexibility index (Phi) is 4.79. The first-order valence-corrected chi connectivity index (χ1v) is 6.68. The molecule has 0 spiro atoms. The molecule has 23 heavy (non-hydrogen) atoms. The van der Waals surface area contributed by atoms with Gasteiger partial charge in [-0.2, -0.15) is 0 Å². The van der Waals surface area contributed by atoms with Gasteiger partial charge < -0.3 is 15.2 Å². The number of H-pyrrole nitrogens is 1. The Hall–Kier alpha value is -3.10. The first kappa shape index (κ1) is 16.3. The van der Waals surface area contributed by atoms with Gasteiger partial charge in [0.2, 0.25) is 5.69 Å². The molecular formula is C14H16N4O5. The van der Waals surface area contributed by atoms with Gasteiger partial charge in [-0.3, -0.25) is 14.3 Å². The Labute approximate surface area is 130 Å². The maximum absolute atomic E-state index is 11.8. The zero-order valence-corrected chi connectivity index (χ0v) is 12.7. The van der Waals surface area contributed by atoms with Crippen LogP contribution in [0, 0.1) is 4.91 Å². The number of aryl methyl sites for hydroxylation is 1. The van der Waals surface area contributed by atoms with Gasteiger partial charge in [0, 0.05) is 6.54 Å². The van der Waals surface area contributed by atoms with E-state index in [1.54, 1.807) is 12.1 Å². The highest BCUT2D eigenvalue weighted by molar-refractivity contribution is 5.55. The normalized spacial score (nSPS) is 10.3. The van der Waals surface area contributed by atoms with E-state index in [2.05, 4.69) is 5.18 Å². The number of nitroso groups, excluding NO2 is 1. The molecule has 0 bridgehead atoms. The summed E-state index contributed by atoms with van der Waals surface area (Å²) in [5.41, 5.74) is 4.43. The van der Waals surface area contributed by atoms with Crippen molar-refractivity contribution in [1.29, 1.82) is 0 Å². The highest BCUT2D eigenvalue weighted by atomic mass is 16.5. The van der Waals surface area contributed by atoms with E-state index in [0.29, 0.717) is 17.9 Å². The Morgan fingerprint density at radius 1 is 1.22 bits per heavy atom. The van der Waals surface area contributed by atoms with Gasteiger partial charge in [-0.25, -0.2) is 4.79 Å². The number of nitrogens with two attached hydrogens (primary N) is 1. The van der Waals surface area contributed by atoms with Crippen LogP contribution in [0.3, 0.4) is 0 Å². The molecule has 122 valence electrons. The molecule has 1 aromatic heterocycles. The molecule has 2 aromatic rings. The van der Waals surface area contributed by atoms with Gasteiger partial charge in [0.05, 0.1) is 14.2 Å². The zero-order chi connectivity index (χ0) is 17.0. The van der Waals surface area contributed by atoms with Gasteiger partial charge in [-0.1, -0.05) is 6.07 Å². The van der Waals surface area contributed by atoms with Crippen molar-refractivity contribution < 1.29 is 9.47 Å². The van der Waals surface area contributed by atoms with Crippen molar-refractivity contribution in [3.05, 3.63) is 49.5 Å². The number of benzene rings is 1. The summed E-state index contributed by atoms with van der Waals surface area (Å²) >= 11 is 0. The number of rotatable bonds is 6. The van der Waals surface area contributed by atoms with Crippen LogP contribution >= 0.6 is 0 Å². The molecule has 9 heteroatoms. The monoisotopic (exact) mass is 320 g/mol. The van der Waals surface area contributed by atoms with Crippen LogP contribution in [0.25, 0.3) is 0 Å². The van der Waals surface area contributed by atoms with Crippen LogP contribution in [0.15, 0.2) is 33.0 Å². The summed E-state index contributed by atoms with van der Waals surface area (Å²) in [6.07, 6.45) is 0.425. The third-order valence-electron chi connectivity index (χ3n) is 3.38. The quantitative estimate of drug-likeness (QED) is 0.757. The summed E-state index contributed by atoms with van der Waals surface area (Å²) < 4.78 is 11.4. The molecule has 1 aromatic carbocycles. The van der Waals surface area contributed by atoms with Gasteiger partial charge in [0.15, 0.2) is 11.5 Å². The summed E-state index contributed by atoms with van der Waals surface area (Å²) in [5.74, 6) is 0.890. The van der Waals surface area contributed by atoms with Crippen molar-refractivity contribution in [3.63, 3.8) is 0 Å². The highest BCUT2D eigenvalue weighted by Crippen LogP contribution is 2.27. The predicted molar refractivity (Wildman–Crippen MR) is 84.4 cm³/mol. The molecule has 0 saturated heterocycles. The lowest BCUT2D eigenvalue weighted by atomic mass is 10.1. The van der Waals surface area contributed by atoms with Gasteiger partial charge in [-0.15, -0.1) is 4.91 Å². The van der Waals surface area contributed by atoms with E-state index in [-0.39, 0.29) is 12.4 Å². The number of aromatic nitrogens is 2. The Morgan fingerprint density at radius 3 is 2.52 bits per heavy atom. The summed E-state index contributed by atoms with van der Waals surface area (Å²) in [6.45, 7) is 0.166. The minimum Gasteiger partial charge on any atom is -0.493 e. The van der Waals surface area contributed by atoms with Crippen LogP contribution < -0.4 is 26.5 Å². The Morgan fingerprint density at radius 2 is 1.91 bits per heavy atom. The molecule has 0 atom stereocenters. The molecule has 0 radical (unpaired) electrons. The van der Waals surface area contributed by atoms with Crippen molar-refractivity contribution >= 4 is 11.5 Å². The average Bonchev–Trinajstić information content (AvgIpc) is 2.54. The molecule has 1 heterocycles. The summed E-state index contributed by atoms with van der Waals surface area (Å²) in [7, 11) is 3.06. The number of aromatic amines is 1. The third kappa shape index (κ3) is 3.23. The van der Waals surface area contributed by atoms with E-state index < -0.39 is 16.9 Å². The first-order chi connectivity index (χ1) is 11.0. The topological polar surface area (TPSA) is 129 Å². The molecule has 2 rings (SSSR count). The molecule has 0 aliphatic rings. The van der Waals surface area contributed by atoms with Crippen molar-refractivity contribution in [2.75, 3.05) is 20.0 Å². The van der Waals surface area contributed by atoms with Gasteiger partial charge in [-0.05, 0) is 29.3 Å². The van der Waals surface area contributed by atoms with E-state index in [0.717, 1.165) is 10.1 Å². The fraction of sp³-hybridized carbons (Fsp3) is 0.286. The van der Waals surface area contributed by atoms with E-state index in [1.165, 1.54) is 14.2 Å². The van der Waals surface area contributed by atoms with Crippen LogP contribution in [-0.2, 0) is 13.0 Å². The standard InChI is InChI=1S/C14H16N4O5/c1-22-9-4-3-8(7-10(9)23-2)5-6-18-12(15)11(17-21)13(19)16-14(18)20/h3-4,7H,5-6,15H2,1-2H3,(H,16,19,20). The van der Waals surface area contributed by atoms with E-state index in [1.807, 2.05) is 11.1 Å². The smallest absolute Gasteiger partial charge is 0.330 e. The second-order valence-corrected chi connectivity index (χ2v) is 4.68. The van der Waals surface area contributed by atoms with Crippen molar-refractivity contribution in [2.45, 2.75) is 13.0 Å². The molecule has 0 saturated carbocycles. The molecule has 3 N–H and O–H groups in total. The Bertz CT molecular complexity index is 840. The molecule has 0 amide bonds. The first-order valence-electron chi connectivity index (χ1n) is 6.68. The SMILES string of the molecule is COc1ccc(CCn2c(N)c(N=O)c(=O)[nH]c2=O)cc1OC. The lowest BCUT2D eigenvalue weighted by Gasteiger charge is -2.11. The van der Waals surface area contributed by atoms with Gasteiger partial charge >= 0.3 is 5.69 Å². The summed E-state index contributed by atoms with van der Waals surface area (Å²) in [6, 6.07) is 5.32. The molecule has 9 nitrogen and oxygen atoms in total. The summed E-state index contributed by atoms with van der Waals surface area (Å²) in [5, 5.41) is 2.56. The van der Waals surface area contributed by atoms with Gasteiger partial charge in [0.25, 0.3) is 5.56 Å². The molecular weight excluding hydrogens is 304 g/mol. The number of anilines is 1. The maximum Gasteiger partial charge on any atom is 0.330 e. The number of nitrogen functional groups attached to an aromatic ring is 1. The van der Waals surface area contributed by atoms with E-state index in [4.69, 9.17) is 15.2 Å². The van der Waals surface area contributed by atoms with Crippen LogP contribution in [-0.4, -0.2) is 23.8 Å². The minimum atomic E-state index is -0.898. The van der Waals surface area contributed by atoms with Crippen molar-refractivity contribution in [2.24, 2.45) is 5.18 Å². The fourth-order valence-electron chi connectivity index (χ4n) is 2.16. The fourth-order valence-corrected chi connectivity index (χ4v) is 2.16. The van der Waals surface area contributed by atoms with Crippen LogP contribution in [0.5, 0.6) is 11.5 Å². The highest BCUT2D eigenvalue weighted by Gasteiger charge is 2.13. The number of nitrogens with zero attached hydrogens (tertiary/aromatic N) is 2. The number of nitrogens with one attached hydrogen (secondary N) is 1. The third-order valence-corrected chi connectivity index (χ3v) is 3.38. The largest absolute Gasteiger partial charge is 0.493 e. The Balaban J connectivity index is 2.30. The second kappa shape index (κ2) is 6.77. The molecule has 0 fully saturated rings. The number of hydrogen-bond donors (Lipinski definition) is 2. The van der Waals surface area contributed by atoms with E-state index >= 15 is 0 Å². The molecule has 0 aliphatic heterocycles. The second-order valence-electron chi connectivity index (χ2n) is 4.68. The molecule has 0 unspecified atom stereocenters. The zero-order valence-electron chi connectivity index (χ0n) is 12.7. The average molecular weight is 320 g/mol. The lowest BCUT2D eigenvalue weighted by molar-refractivity contribution is 0.354. The number of ether oxygens (including phenoxy) is 2. The van der Waals surface area contributed by atoms with Crippen LogP contribution in [0.4, 0.5) is 11.5 Å². The number of methoxy groups -OCH3 is 2. The maximum atomic E-state index is 11.8. The minimum absolute atomic E-state index is 0.166. The van der Waals surface area contributed by atoms with E-state index in [9.17, 15) is 14.5 Å². The van der Waals surface area contributed by atoms with Crippen LogP contribution in [0.2, 0.25) is 0 Å². The van der Waals surface area contributed by atoms with Crippen LogP contribution in [0.1, 0.15) is 5.56 Å². The lowest BCUT2D eigenvalue weighted by Crippen LogP contribution is -2.32.